The summed E-state index contributed by atoms with van der Waals surface area (Å²) in [6.45, 7) is 0.572. The van der Waals surface area contributed by atoms with Crippen molar-refractivity contribution in [1.29, 1.82) is 0 Å². The number of hydrogen-bond acceptors (Lipinski definition) is 7. The Morgan fingerprint density at radius 1 is 0.745 bits per heavy atom. The van der Waals surface area contributed by atoms with Crippen LogP contribution in [0.1, 0.15) is 60.0 Å². The number of carbonyl (C=O) groups is 3. The Morgan fingerprint density at radius 3 is 1.68 bits per heavy atom. The second kappa shape index (κ2) is 16.4. The zero-order valence-corrected chi connectivity index (χ0v) is 26.2. The van der Waals surface area contributed by atoms with Crippen LogP contribution < -0.4 is 5.32 Å². The molecule has 2 aromatic rings. The highest BCUT2D eigenvalue weighted by Crippen LogP contribution is 2.39. The van der Waals surface area contributed by atoms with Gasteiger partial charge in [-0.1, -0.05) is 12.1 Å². The van der Waals surface area contributed by atoms with E-state index >= 15 is 0 Å². The number of rotatable bonds is 4. The summed E-state index contributed by atoms with van der Waals surface area (Å²) in [5, 5.41) is 3.01. The van der Waals surface area contributed by atoms with Crippen LogP contribution in [0.2, 0.25) is 0 Å². The molecule has 2 heterocycles. The highest BCUT2D eigenvalue weighted by Gasteiger charge is 2.39. The Bertz CT molecular complexity index is 1410. The number of alkyl halides is 6. The van der Waals surface area contributed by atoms with Crippen molar-refractivity contribution in [3.63, 3.8) is 0 Å². The predicted molar refractivity (Wildman–Crippen MR) is 152 cm³/mol. The average molecular weight is 705 g/mol. The van der Waals surface area contributed by atoms with E-state index in [-0.39, 0.29) is 48.4 Å². The molecular weight excluding hydrogens is 672 g/mol. The second-order valence-electron chi connectivity index (χ2n) is 10.6. The number of benzene rings is 2. The van der Waals surface area contributed by atoms with Crippen LogP contribution >= 0.6 is 12.4 Å². The van der Waals surface area contributed by atoms with E-state index in [1.54, 1.807) is 0 Å². The number of hydrogen-bond donors (Lipinski definition) is 1. The molecule has 0 aromatic heterocycles. The molecule has 0 spiro atoms. The van der Waals surface area contributed by atoms with Crippen LogP contribution in [0, 0.1) is 23.5 Å². The Hall–Kier alpha value is -3.66. The Balaban J connectivity index is 0.000000324. The fourth-order valence-corrected chi connectivity index (χ4v) is 5.47. The molecule has 0 saturated carbocycles. The maximum atomic E-state index is 14.3. The zero-order chi connectivity index (χ0) is 34.4. The fraction of sp³-hybridized carbons (Fsp3) is 0.500. The van der Waals surface area contributed by atoms with E-state index in [0.717, 1.165) is 31.4 Å². The quantitative estimate of drug-likeness (QED) is 0.208. The minimum atomic E-state index is -4.68. The number of nitrogens with one attached hydrogen (secondary N) is 1. The molecule has 17 heteroatoms. The molecule has 0 bridgehead atoms. The number of carbonyl (C=O) groups excluding carboxylic acids is 3. The van der Waals surface area contributed by atoms with E-state index in [9.17, 15) is 49.5 Å². The van der Waals surface area contributed by atoms with E-state index in [4.69, 9.17) is 0 Å². The van der Waals surface area contributed by atoms with Gasteiger partial charge in [0.25, 0.3) is 0 Å². The van der Waals surface area contributed by atoms with Crippen molar-refractivity contribution in [2.75, 3.05) is 34.4 Å². The van der Waals surface area contributed by atoms with Crippen LogP contribution in [-0.2, 0) is 36.2 Å². The van der Waals surface area contributed by atoms with Crippen molar-refractivity contribution in [2.45, 2.75) is 50.1 Å². The van der Waals surface area contributed by atoms with Gasteiger partial charge in [-0.2, -0.15) is 26.3 Å². The predicted octanol–water partition coefficient (Wildman–Crippen LogP) is 7.02. The molecule has 2 aromatic carbocycles. The highest BCUT2D eigenvalue weighted by molar-refractivity contribution is 5.85. The van der Waals surface area contributed by atoms with Crippen LogP contribution in [0.5, 0.6) is 0 Å². The number of methoxy groups -OCH3 is 3. The van der Waals surface area contributed by atoms with Crippen molar-refractivity contribution in [3.05, 3.63) is 70.3 Å². The smallest absolute Gasteiger partial charge is 0.416 e. The molecule has 2 saturated heterocycles. The lowest BCUT2D eigenvalue weighted by Gasteiger charge is -2.38. The summed E-state index contributed by atoms with van der Waals surface area (Å²) < 4.78 is 118. The van der Waals surface area contributed by atoms with E-state index in [1.807, 2.05) is 0 Å². The third-order valence-electron chi connectivity index (χ3n) is 7.87. The van der Waals surface area contributed by atoms with Gasteiger partial charge in [-0.05, 0) is 56.5 Å². The zero-order valence-electron chi connectivity index (χ0n) is 25.3. The normalized spacial score (nSPS) is 21.4. The molecule has 4 unspecified atom stereocenters. The largest absolute Gasteiger partial charge is 0.469 e. The molecule has 4 atom stereocenters. The SMILES string of the molecule is COC(=O)C1CCN(C(=O)OC)C(c2ccc(C(F)(F)F)cc2F)C1.COC(=O)C1CCNC(c2ccc(C(F)(F)F)cc2F)C1.Cl. The summed E-state index contributed by atoms with van der Waals surface area (Å²) in [6, 6.07) is 3.15. The lowest BCUT2D eigenvalue weighted by molar-refractivity contribution is -0.148. The van der Waals surface area contributed by atoms with Gasteiger partial charge in [-0.25, -0.2) is 13.6 Å². The Labute approximate surface area is 271 Å². The first-order valence-electron chi connectivity index (χ1n) is 14.0. The van der Waals surface area contributed by atoms with Gasteiger partial charge < -0.3 is 24.4 Å². The van der Waals surface area contributed by atoms with Crippen molar-refractivity contribution < 1.29 is 63.7 Å². The van der Waals surface area contributed by atoms with Crippen molar-refractivity contribution >= 4 is 30.4 Å². The molecule has 0 aliphatic carbocycles. The van der Waals surface area contributed by atoms with Gasteiger partial charge in [0.05, 0.1) is 50.3 Å². The van der Waals surface area contributed by atoms with Crippen LogP contribution in [0.25, 0.3) is 0 Å². The summed E-state index contributed by atoms with van der Waals surface area (Å²) in [7, 11) is 3.63. The standard InChI is InChI=1S/C16H17F4NO4.C14H15F4NO2.ClH/c1-24-14(22)9-5-6-21(15(23)25-2)13(7-9)11-4-3-10(8-12(11)17)16(18,19)20;1-21-13(20)8-4-5-19-12(6-8)10-3-2-9(7-11(10)15)14(16,17)18;/h3-4,8-9,13H,5-7H2,1-2H3;2-3,7-8,12,19H,4-6H2,1H3;1H. The Kier molecular flexibility index (Phi) is 13.8. The lowest BCUT2D eigenvalue weighted by atomic mass is 9.87. The summed E-state index contributed by atoms with van der Waals surface area (Å²) in [5.41, 5.74) is -2.12. The third-order valence-corrected chi connectivity index (χ3v) is 7.87. The molecule has 8 nitrogen and oxygen atoms in total. The molecule has 2 aliphatic heterocycles. The van der Waals surface area contributed by atoms with E-state index < -0.39 is 65.2 Å². The lowest BCUT2D eigenvalue weighted by Crippen LogP contribution is -2.43. The van der Waals surface area contributed by atoms with Crippen molar-refractivity contribution in [3.8, 4) is 0 Å². The summed E-state index contributed by atoms with van der Waals surface area (Å²) in [6.07, 6.45) is -8.81. The van der Waals surface area contributed by atoms with Gasteiger partial charge in [-0.15, -0.1) is 12.4 Å². The van der Waals surface area contributed by atoms with Crippen LogP contribution in [-0.4, -0.2) is 57.4 Å². The molecule has 1 amide bonds. The van der Waals surface area contributed by atoms with Crippen LogP contribution in [0.4, 0.5) is 39.9 Å². The van der Waals surface area contributed by atoms with Crippen LogP contribution in [0.15, 0.2) is 36.4 Å². The molecule has 0 radical (unpaired) electrons. The summed E-state index contributed by atoms with van der Waals surface area (Å²) in [5.74, 6) is -3.87. The van der Waals surface area contributed by atoms with Gasteiger partial charge in [0.15, 0.2) is 0 Å². The van der Waals surface area contributed by atoms with E-state index in [1.165, 1.54) is 19.1 Å². The first-order chi connectivity index (χ1) is 21.5. The number of nitrogens with zero attached hydrogens (tertiary/aromatic N) is 1. The maximum Gasteiger partial charge on any atom is 0.416 e. The number of amides is 1. The molecule has 2 aliphatic rings. The average Bonchev–Trinajstić information content (AvgIpc) is 3.02. The molecule has 4 rings (SSSR count). The number of likely N-dealkylation sites (tertiary alicyclic amines) is 1. The number of halogens is 9. The summed E-state index contributed by atoms with van der Waals surface area (Å²) in [4.78, 5) is 36.4. The van der Waals surface area contributed by atoms with Crippen molar-refractivity contribution in [1.82, 2.24) is 10.2 Å². The third kappa shape index (κ3) is 9.92. The van der Waals surface area contributed by atoms with Gasteiger partial charge >= 0.3 is 30.4 Å². The molecule has 262 valence electrons. The molecule has 47 heavy (non-hydrogen) atoms. The second-order valence-corrected chi connectivity index (χ2v) is 10.6. The maximum absolute atomic E-state index is 14.3. The monoisotopic (exact) mass is 704 g/mol. The van der Waals surface area contributed by atoms with Gasteiger partial charge in [-0.3, -0.25) is 9.59 Å². The number of ether oxygens (including phenoxy) is 3. The van der Waals surface area contributed by atoms with E-state index in [2.05, 4.69) is 19.5 Å². The number of piperidine rings is 2. The Morgan fingerprint density at radius 2 is 1.23 bits per heavy atom. The summed E-state index contributed by atoms with van der Waals surface area (Å²) >= 11 is 0. The highest BCUT2D eigenvalue weighted by atomic mass is 35.5. The first-order valence-corrected chi connectivity index (χ1v) is 14.0. The molecular formula is C30H33ClF8N2O6. The minimum Gasteiger partial charge on any atom is -0.469 e. The van der Waals surface area contributed by atoms with E-state index in [0.29, 0.717) is 37.9 Å². The number of esters is 2. The van der Waals surface area contributed by atoms with Gasteiger partial charge in [0.1, 0.15) is 11.6 Å². The van der Waals surface area contributed by atoms with Gasteiger partial charge in [0, 0.05) is 23.7 Å². The fourth-order valence-electron chi connectivity index (χ4n) is 5.47. The van der Waals surface area contributed by atoms with Gasteiger partial charge in [0.2, 0.25) is 0 Å². The first kappa shape index (κ1) is 39.5. The molecule has 2 fully saturated rings. The van der Waals surface area contributed by atoms with Crippen molar-refractivity contribution in [2.24, 2.45) is 11.8 Å². The minimum absolute atomic E-state index is 0. The molecule has 1 N–H and O–H groups in total. The van der Waals surface area contributed by atoms with Crippen LogP contribution in [0.3, 0.4) is 0 Å². The topological polar surface area (TPSA) is 94.2 Å².